The van der Waals surface area contributed by atoms with Gasteiger partial charge in [0.15, 0.2) is 6.61 Å². The normalized spacial score (nSPS) is 12.4. The van der Waals surface area contributed by atoms with Gasteiger partial charge in [0.25, 0.3) is 5.91 Å². The van der Waals surface area contributed by atoms with Crippen molar-refractivity contribution in [2.24, 2.45) is 5.92 Å². The number of rotatable bonds is 9. The number of amides is 2. The summed E-state index contributed by atoms with van der Waals surface area (Å²) in [6.45, 7) is 13.0. The first kappa shape index (κ1) is 24.4. The van der Waals surface area contributed by atoms with Crippen LogP contribution in [0, 0.1) is 5.92 Å². The van der Waals surface area contributed by atoms with Crippen LogP contribution in [0.1, 0.15) is 52.7 Å². The monoisotopic (exact) mass is 424 g/mol. The predicted octanol–water partition coefficient (Wildman–Crippen LogP) is 4.55. The number of carbonyl (C=O) groups is 2. The second kappa shape index (κ2) is 11.0. The SMILES string of the molecule is CC(C)CNC(=O)C(C)N(Cc1ccccc1)C(=O)COc1ccccc1C(C)(C)C. The van der Waals surface area contributed by atoms with E-state index in [1.165, 1.54) is 0 Å². The van der Waals surface area contributed by atoms with E-state index in [1.807, 2.05) is 68.4 Å². The first-order valence-electron chi connectivity index (χ1n) is 10.9. The Morgan fingerprint density at radius 1 is 0.968 bits per heavy atom. The molecule has 0 aliphatic heterocycles. The van der Waals surface area contributed by atoms with Crippen LogP contribution in [0.25, 0.3) is 0 Å². The van der Waals surface area contributed by atoms with Crippen molar-refractivity contribution in [3.05, 3.63) is 65.7 Å². The molecule has 0 heterocycles. The van der Waals surface area contributed by atoms with Crippen LogP contribution < -0.4 is 10.1 Å². The van der Waals surface area contributed by atoms with Crippen LogP contribution in [0.15, 0.2) is 54.6 Å². The van der Waals surface area contributed by atoms with E-state index in [9.17, 15) is 9.59 Å². The van der Waals surface area contributed by atoms with Crippen LogP contribution in [-0.2, 0) is 21.5 Å². The summed E-state index contributed by atoms with van der Waals surface area (Å²) in [5.74, 6) is 0.652. The van der Waals surface area contributed by atoms with E-state index in [1.54, 1.807) is 11.8 Å². The summed E-state index contributed by atoms with van der Waals surface area (Å²) in [5.41, 5.74) is 1.91. The van der Waals surface area contributed by atoms with Crippen molar-refractivity contribution in [3.8, 4) is 5.75 Å². The van der Waals surface area contributed by atoms with E-state index in [4.69, 9.17) is 4.74 Å². The van der Waals surface area contributed by atoms with E-state index in [-0.39, 0.29) is 23.8 Å². The first-order valence-corrected chi connectivity index (χ1v) is 10.9. The van der Waals surface area contributed by atoms with E-state index >= 15 is 0 Å². The van der Waals surface area contributed by atoms with Crippen molar-refractivity contribution in [1.82, 2.24) is 10.2 Å². The maximum absolute atomic E-state index is 13.2. The standard InChI is InChI=1S/C26H36N2O3/c1-19(2)16-27-25(30)20(3)28(17-21-12-8-7-9-13-21)24(29)18-31-23-15-11-10-14-22(23)26(4,5)6/h7-15,19-20H,16-18H2,1-6H3,(H,27,30). The molecule has 0 aliphatic rings. The fourth-order valence-corrected chi connectivity index (χ4v) is 3.25. The highest BCUT2D eigenvalue weighted by molar-refractivity contribution is 5.88. The van der Waals surface area contributed by atoms with Gasteiger partial charge in [-0.05, 0) is 35.4 Å². The van der Waals surface area contributed by atoms with Crippen molar-refractivity contribution < 1.29 is 14.3 Å². The lowest BCUT2D eigenvalue weighted by Crippen LogP contribution is -2.49. The summed E-state index contributed by atoms with van der Waals surface area (Å²) in [6, 6.07) is 16.9. The molecule has 0 saturated heterocycles. The highest BCUT2D eigenvalue weighted by atomic mass is 16.5. The van der Waals surface area contributed by atoms with Crippen LogP contribution in [0.5, 0.6) is 5.75 Å². The molecule has 0 bridgehead atoms. The third-order valence-electron chi connectivity index (χ3n) is 5.09. The number of hydrogen-bond donors (Lipinski definition) is 1. The minimum atomic E-state index is -0.604. The molecule has 0 aromatic heterocycles. The van der Waals surface area contributed by atoms with Crippen LogP contribution in [0.2, 0.25) is 0 Å². The Kier molecular flexibility index (Phi) is 8.66. The molecule has 2 aromatic rings. The van der Waals surface area contributed by atoms with Crippen LogP contribution >= 0.6 is 0 Å². The van der Waals surface area contributed by atoms with Crippen molar-refractivity contribution >= 4 is 11.8 Å². The van der Waals surface area contributed by atoms with Gasteiger partial charge in [0.1, 0.15) is 11.8 Å². The Balaban J connectivity index is 2.17. The van der Waals surface area contributed by atoms with Crippen LogP contribution in [0.4, 0.5) is 0 Å². The molecule has 0 radical (unpaired) electrons. The second-order valence-corrected chi connectivity index (χ2v) is 9.36. The molecule has 1 atom stereocenters. The number of nitrogens with zero attached hydrogens (tertiary/aromatic N) is 1. The first-order chi connectivity index (χ1) is 14.6. The molecule has 1 N–H and O–H groups in total. The highest BCUT2D eigenvalue weighted by Crippen LogP contribution is 2.31. The van der Waals surface area contributed by atoms with Crippen molar-refractivity contribution in [3.63, 3.8) is 0 Å². The van der Waals surface area contributed by atoms with Crippen molar-refractivity contribution in [1.29, 1.82) is 0 Å². The molecule has 2 amide bonds. The van der Waals surface area contributed by atoms with Gasteiger partial charge in [-0.3, -0.25) is 9.59 Å². The molecule has 31 heavy (non-hydrogen) atoms. The molecule has 168 valence electrons. The fourth-order valence-electron chi connectivity index (χ4n) is 3.25. The number of ether oxygens (including phenoxy) is 1. The Labute approximate surface area is 186 Å². The van der Waals surface area contributed by atoms with Gasteiger partial charge >= 0.3 is 0 Å². The van der Waals surface area contributed by atoms with Gasteiger partial charge in [0.05, 0.1) is 0 Å². The minimum absolute atomic E-state index is 0.104. The largest absolute Gasteiger partial charge is 0.483 e. The molecule has 1 unspecified atom stereocenters. The lowest BCUT2D eigenvalue weighted by Gasteiger charge is -2.29. The van der Waals surface area contributed by atoms with E-state index in [0.29, 0.717) is 24.8 Å². The molecule has 5 heteroatoms. The highest BCUT2D eigenvalue weighted by Gasteiger charge is 2.27. The van der Waals surface area contributed by atoms with Crippen LogP contribution in [-0.4, -0.2) is 35.9 Å². The second-order valence-electron chi connectivity index (χ2n) is 9.36. The van der Waals surface area contributed by atoms with E-state index in [0.717, 1.165) is 11.1 Å². The summed E-state index contributed by atoms with van der Waals surface area (Å²) in [6.07, 6.45) is 0. The fraction of sp³-hybridized carbons (Fsp3) is 0.462. The Morgan fingerprint density at radius 2 is 1.58 bits per heavy atom. The molecule has 0 spiro atoms. The molecule has 5 nitrogen and oxygen atoms in total. The summed E-state index contributed by atoms with van der Waals surface area (Å²) in [4.78, 5) is 27.5. The summed E-state index contributed by atoms with van der Waals surface area (Å²) >= 11 is 0. The number of nitrogens with one attached hydrogen (secondary N) is 1. The predicted molar refractivity (Wildman–Crippen MR) is 125 cm³/mol. The third kappa shape index (κ3) is 7.42. The molecule has 2 rings (SSSR count). The summed E-state index contributed by atoms with van der Waals surface area (Å²) in [5, 5.41) is 2.93. The van der Waals surface area contributed by atoms with Gasteiger partial charge in [-0.1, -0.05) is 83.1 Å². The van der Waals surface area contributed by atoms with E-state index < -0.39 is 6.04 Å². The molecule has 0 saturated carbocycles. The maximum atomic E-state index is 13.2. The Morgan fingerprint density at radius 3 is 2.19 bits per heavy atom. The zero-order valence-electron chi connectivity index (χ0n) is 19.6. The quantitative estimate of drug-likeness (QED) is 0.642. The minimum Gasteiger partial charge on any atom is -0.483 e. The lowest BCUT2D eigenvalue weighted by atomic mass is 9.86. The smallest absolute Gasteiger partial charge is 0.261 e. The Hall–Kier alpha value is -2.82. The summed E-state index contributed by atoms with van der Waals surface area (Å²) < 4.78 is 5.95. The number of para-hydroxylation sites is 1. The van der Waals surface area contributed by atoms with Crippen LogP contribution in [0.3, 0.4) is 0 Å². The van der Waals surface area contributed by atoms with Crippen molar-refractivity contribution in [2.45, 2.75) is 59.5 Å². The number of hydrogen-bond acceptors (Lipinski definition) is 3. The molecular weight excluding hydrogens is 388 g/mol. The van der Waals surface area contributed by atoms with Gasteiger partial charge < -0.3 is 15.0 Å². The van der Waals surface area contributed by atoms with Gasteiger partial charge in [-0.15, -0.1) is 0 Å². The molecule has 0 fully saturated rings. The number of carbonyl (C=O) groups excluding carboxylic acids is 2. The average Bonchev–Trinajstić information content (AvgIpc) is 2.73. The van der Waals surface area contributed by atoms with Crippen molar-refractivity contribution in [2.75, 3.05) is 13.2 Å². The van der Waals surface area contributed by atoms with Gasteiger partial charge in [0.2, 0.25) is 5.91 Å². The molecule has 0 aliphatic carbocycles. The van der Waals surface area contributed by atoms with E-state index in [2.05, 4.69) is 26.1 Å². The zero-order valence-corrected chi connectivity index (χ0v) is 19.6. The molecule has 2 aromatic carbocycles. The third-order valence-corrected chi connectivity index (χ3v) is 5.09. The lowest BCUT2D eigenvalue weighted by molar-refractivity contribution is -0.142. The van der Waals surface area contributed by atoms with Gasteiger partial charge in [-0.25, -0.2) is 0 Å². The Bertz CT molecular complexity index is 856. The summed E-state index contributed by atoms with van der Waals surface area (Å²) in [7, 11) is 0. The molecular formula is C26H36N2O3. The maximum Gasteiger partial charge on any atom is 0.261 e. The van der Waals surface area contributed by atoms with Gasteiger partial charge in [-0.2, -0.15) is 0 Å². The zero-order chi connectivity index (χ0) is 23.0. The number of benzene rings is 2. The topological polar surface area (TPSA) is 58.6 Å². The average molecular weight is 425 g/mol. The van der Waals surface area contributed by atoms with Gasteiger partial charge in [0, 0.05) is 13.1 Å².